The highest BCUT2D eigenvalue weighted by Crippen LogP contribution is 2.50. The van der Waals surface area contributed by atoms with E-state index in [1.807, 2.05) is 24.3 Å². The van der Waals surface area contributed by atoms with E-state index in [0.717, 1.165) is 41.0 Å². The maximum Gasteiger partial charge on any atom is 0.230 e. The van der Waals surface area contributed by atoms with Gasteiger partial charge in [-0.05, 0) is 61.1 Å². The van der Waals surface area contributed by atoms with Gasteiger partial charge in [-0.2, -0.15) is 0 Å². The Morgan fingerprint density at radius 1 is 1.29 bits per heavy atom. The predicted octanol–water partition coefficient (Wildman–Crippen LogP) is 4.56. The molecule has 2 fully saturated rings. The van der Waals surface area contributed by atoms with Crippen molar-refractivity contribution in [3.05, 3.63) is 35.0 Å². The third kappa shape index (κ3) is 2.34. The van der Waals surface area contributed by atoms with Gasteiger partial charge in [0.2, 0.25) is 5.88 Å². The van der Waals surface area contributed by atoms with Crippen molar-refractivity contribution in [2.24, 2.45) is 17.8 Å². The van der Waals surface area contributed by atoms with Crippen LogP contribution in [0.3, 0.4) is 0 Å². The van der Waals surface area contributed by atoms with Gasteiger partial charge in [0.25, 0.3) is 0 Å². The second kappa shape index (κ2) is 5.06. The zero-order valence-corrected chi connectivity index (χ0v) is 12.6. The van der Waals surface area contributed by atoms with Crippen LogP contribution in [0.25, 0.3) is 11.1 Å². The minimum atomic E-state index is 0.399. The minimum Gasteiger partial charge on any atom is -0.367 e. The molecule has 2 saturated carbocycles. The van der Waals surface area contributed by atoms with Crippen LogP contribution < -0.4 is 5.73 Å². The number of aromatic nitrogens is 1. The fourth-order valence-corrected chi connectivity index (χ4v) is 4.50. The summed E-state index contributed by atoms with van der Waals surface area (Å²) in [4.78, 5) is 0. The lowest BCUT2D eigenvalue weighted by atomic mass is 9.84. The summed E-state index contributed by atoms with van der Waals surface area (Å²) < 4.78 is 5.27. The van der Waals surface area contributed by atoms with Gasteiger partial charge in [0.1, 0.15) is 0 Å². The molecule has 0 saturated heterocycles. The number of nitrogens with zero attached hydrogens (tertiary/aromatic N) is 1. The number of hydrogen-bond donors (Lipinski definition) is 1. The van der Waals surface area contributed by atoms with Crippen molar-refractivity contribution in [1.82, 2.24) is 5.16 Å². The second-order valence-corrected chi connectivity index (χ2v) is 6.95. The molecule has 3 nitrogen and oxygen atoms in total. The third-order valence-corrected chi connectivity index (χ3v) is 5.48. The van der Waals surface area contributed by atoms with Gasteiger partial charge in [-0.25, -0.2) is 0 Å². The second-order valence-electron chi connectivity index (χ2n) is 6.52. The largest absolute Gasteiger partial charge is 0.367 e. The number of fused-ring (bicyclic) bond motifs is 2. The van der Waals surface area contributed by atoms with Crippen molar-refractivity contribution in [2.45, 2.75) is 32.1 Å². The number of anilines is 1. The first-order valence-electron chi connectivity index (χ1n) is 7.70. The van der Waals surface area contributed by atoms with Gasteiger partial charge in [-0.1, -0.05) is 35.3 Å². The van der Waals surface area contributed by atoms with Crippen LogP contribution in [0.4, 0.5) is 5.88 Å². The molecule has 4 heteroatoms. The van der Waals surface area contributed by atoms with E-state index in [9.17, 15) is 0 Å². The molecule has 2 aromatic rings. The van der Waals surface area contributed by atoms with Crippen molar-refractivity contribution >= 4 is 17.5 Å². The number of halogens is 1. The number of rotatable bonds is 3. The SMILES string of the molecule is Nc1onc(CC2CC3CCC2C3)c1-c1cccc(Cl)c1. The fourth-order valence-electron chi connectivity index (χ4n) is 4.30. The summed E-state index contributed by atoms with van der Waals surface area (Å²) in [6, 6.07) is 7.74. The molecule has 2 N–H and O–H groups in total. The molecule has 1 heterocycles. The number of hydrogen-bond acceptors (Lipinski definition) is 3. The Kier molecular flexibility index (Phi) is 3.18. The van der Waals surface area contributed by atoms with E-state index in [1.165, 1.54) is 25.7 Å². The molecule has 2 aliphatic carbocycles. The molecular weight excluding hydrogens is 284 g/mol. The van der Waals surface area contributed by atoms with Crippen LogP contribution in [0.15, 0.2) is 28.8 Å². The van der Waals surface area contributed by atoms with E-state index in [0.29, 0.717) is 10.9 Å². The van der Waals surface area contributed by atoms with Gasteiger partial charge >= 0.3 is 0 Å². The average Bonchev–Trinajstić information content (AvgIpc) is 3.15. The Morgan fingerprint density at radius 2 is 2.19 bits per heavy atom. The molecule has 0 spiro atoms. The fraction of sp³-hybridized carbons (Fsp3) is 0.471. The Bertz CT molecular complexity index is 667. The molecule has 0 radical (unpaired) electrons. The van der Waals surface area contributed by atoms with E-state index in [4.69, 9.17) is 21.9 Å². The molecule has 3 atom stereocenters. The Labute approximate surface area is 129 Å². The lowest BCUT2D eigenvalue weighted by molar-refractivity contribution is 0.322. The summed E-state index contributed by atoms with van der Waals surface area (Å²) in [6.45, 7) is 0. The summed E-state index contributed by atoms with van der Waals surface area (Å²) >= 11 is 6.10. The number of nitrogen functional groups attached to an aromatic ring is 1. The third-order valence-electron chi connectivity index (χ3n) is 5.24. The van der Waals surface area contributed by atoms with Crippen LogP contribution in [-0.4, -0.2) is 5.16 Å². The molecule has 2 aliphatic rings. The molecule has 1 aromatic heterocycles. The average molecular weight is 303 g/mol. The molecule has 1 aromatic carbocycles. The van der Waals surface area contributed by atoms with Crippen LogP contribution in [0.2, 0.25) is 5.02 Å². The predicted molar refractivity (Wildman–Crippen MR) is 84.0 cm³/mol. The van der Waals surface area contributed by atoms with Crippen molar-refractivity contribution in [2.75, 3.05) is 5.73 Å². The summed E-state index contributed by atoms with van der Waals surface area (Å²) in [5.41, 5.74) is 8.92. The normalized spacial score (nSPS) is 27.4. The monoisotopic (exact) mass is 302 g/mol. The van der Waals surface area contributed by atoms with E-state index >= 15 is 0 Å². The lowest BCUT2D eigenvalue weighted by Crippen LogP contribution is -2.13. The van der Waals surface area contributed by atoms with Gasteiger partial charge in [0.15, 0.2) is 0 Å². The number of benzene rings is 1. The molecule has 4 rings (SSSR count). The van der Waals surface area contributed by atoms with Crippen molar-refractivity contribution in [1.29, 1.82) is 0 Å². The first-order valence-corrected chi connectivity index (χ1v) is 8.08. The van der Waals surface area contributed by atoms with Gasteiger partial charge in [0, 0.05) is 5.02 Å². The van der Waals surface area contributed by atoms with E-state index < -0.39 is 0 Å². The standard InChI is InChI=1S/C17H19ClN2O/c18-14-3-1-2-12(8-14)16-15(20-21-17(16)19)9-13-7-10-4-5-11(13)6-10/h1-3,8,10-11,13H,4-7,9,19H2. The first kappa shape index (κ1) is 13.2. The van der Waals surface area contributed by atoms with Crippen LogP contribution in [0.1, 0.15) is 31.4 Å². The van der Waals surface area contributed by atoms with Crippen LogP contribution in [0, 0.1) is 17.8 Å². The number of nitrogens with two attached hydrogens (primary N) is 1. The topological polar surface area (TPSA) is 52.0 Å². The first-order chi connectivity index (χ1) is 10.2. The van der Waals surface area contributed by atoms with Crippen LogP contribution >= 0.6 is 11.6 Å². The Balaban J connectivity index is 1.64. The zero-order valence-electron chi connectivity index (χ0n) is 11.9. The van der Waals surface area contributed by atoms with E-state index in [2.05, 4.69) is 5.16 Å². The van der Waals surface area contributed by atoms with Crippen LogP contribution in [-0.2, 0) is 6.42 Å². The van der Waals surface area contributed by atoms with Gasteiger partial charge in [0.05, 0.1) is 11.3 Å². The summed E-state index contributed by atoms with van der Waals surface area (Å²) in [7, 11) is 0. The molecular formula is C17H19ClN2O. The van der Waals surface area contributed by atoms with Gasteiger partial charge in [-0.15, -0.1) is 0 Å². The van der Waals surface area contributed by atoms with Crippen molar-refractivity contribution in [3.63, 3.8) is 0 Å². The molecule has 0 amide bonds. The minimum absolute atomic E-state index is 0.399. The highest BCUT2D eigenvalue weighted by atomic mass is 35.5. The van der Waals surface area contributed by atoms with E-state index in [-0.39, 0.29) is 0 Å². The zero-order chi connectivity index (χ0) is 14.4. The van der Waals surface area contributed by atoms with Crippen LogP contribution in [0.5, 0.6) is 0 Å². The molecule has 2 bridgehead atoms. The van der Waals surface area contributed by atoms with Gasteiger partial charge < -0.3 is 10.3 Å². The lowest BCUT2D eigenvalue weighted by Gasteiger charge is -2.20. The molecule has 110 valence electrons. The maximum atomic E-state index is 6.10. The van der Waals surface area contributed by atoms with E-state index in [1.54, 1.807) is 0 Å². The Morgan fingerprint density at radius 3 is 2.90 bits per heavy atom. The maximum absolute atomic E-state index is 6.10. The summed E-state index contributed by atoms with van der Waals surface area (Å²) in [5.74, 6) is 2.96. The molecule has 21 heavy (non-hydrogen) atoms. The van der Waals surface area contributed by atoms with Gasteiger partial charge in [-0.3, -0.25) is 0 Å². The smallest absolute Gasteiger partial charge is 0.230 e. The Hall–Kier alpha value is -1.48. The highest BCUT2D eigenvalue weighted by molar-refractivity contribution is 6.30. The summed E-state index contributed by atoms with van der Waals surface area (Å²) in [6.07, 6.45) is 6.53. The summed E-state index contributed by atoms with van der Waals surface area (Å²) in [5, 5.41) is 4.93. The quantitative estimate of drug-likeness (QED) is 0.904. The highest BCUT2D eigenvalue weighted by Gasteiger charge is 2.40. The molecule has 0 aliphatic heterocycles. The van der Waals surface area contributed by atoms with Crippen molar-refractivity contribution < 1.29 is 4.52 Å². The molecule has 3 unspecified atom stereocenters. The van der Waals surface area contributed by atoms with Crippen molar-refractivity contribution in [3.8, 4) is 11.1 Å².